The molecule has 32 heavy (non-hydrogen) atoms. The van der Waals surface area contributed by atoms with Crippen LogP contribution in [0.2, 0.25) is 0 Å². The van der Waals surface area contributed by atoms with Crippen LogP contribution < -0.4 is 5.32 Å². The molecule has 1 N–H and O–H groups in total. The van der Waals surface area contributed by atoms with E-state index >= 15 is 0 Å². The summed E-state index contributed by atoms with van der Waals surface area (Å²) in [4.78, 5) is 9.46. The predicted octanol–water partition coefficient (Wildman–Crippen LogP) is 4.27. The van der Waals surface area contributed by atoms with E-state index < -0.39 is 0 Å². The lowest BCUT2D eigenvalue weighted by Gasteiger charge is -2.34. The Hall–Kier alpha value is -0.900. The molecule has 0 amide bonds. The van der Waals surface area contributed by atoms with Crippen LogP contribution in [0.25, 0.3) is 0 Å². The number of aliphatic imine (C=N–C) groups is 1. The van der Waals surface area contributed by atoms with Crippen LogP contribution in [0.15, 0.2) is 29.3 Å². The highest BCUT2D eigenvalue weighted by atomic mass is 127. The second kappa shape index (κ2) is 15.9. The molecule has 0 spiro atoms. The Labute approximate surface area is 212 Å². The summed E-state index contributed by atoms with van der Waals surface area (Å²) < 4.78 is 11.1. The number of ether oxygens (including phenoxy) is 2. The lowest BCUT2D eigenvalue weighted by atomic mass is 10.1. The standard InChI is InChI=1S/C25H42N4O2.HI/c1-26-25(29-16-12-24(13-17-29)31-19-7-18-30-2)27-20-22-8-10-23(11-9-22)21-28-14-5-3-4-6-15-28;/h8-11,24H,3-7,12-21H2,1-2H3,(H,26,27);1H. The van der Waals surface area contributed by atoms with E-state index in [4.69, 9.17) is 9.47 Å². The van der Waals surface area contributed by atoms with Crippen LogP contribution in [-0.2, 0) is 22.6 Å². The zero-order valence-electron chi connectivity index (χ0n) is 20.1. The molecule has 0 saturated carbocycles. The minimum atomic E-state index is 0. The Morgan fingerprint density at radius 3 is 2.25 bits per heavy atom. The molecule has 1 aromatic carbocycles. The van der Waals surface area contributed by atoms with Gasteiger partial charge in [-0.05, 0) is 56.3 Å². The van der Waals surface area contributed by atoms with Gasteiger partial charge in [0.25, 0.3) is 0 Å². The van der Waals surface area contributed by atoms with E-state index in [1.54, 1.807) is 7.11 Å². The summed E-state index contributed by atoms with van der Waals surface area (Å²) in [6.45, 7) is 7.92. The smallest absolute Gasteiger partial charge is 0.193 e. The first-order valence-electron chi connectivity index (χ1n) is 12.1. The highest BCUT2D eigenvalue weighted by Crippen LogP contribution is 2.16. The second-order valence-corrected chi connectivity index (χ2v) is 8.81. The van der Waals surface area contributed by atoms with Gasteiger partial charge in [-0.25, -0.2) is 0 Å². The molecule has 7 heteroatoms. The van der Waals surface area contributed by atoms with Gasteiger partial charge < -0.3 is 19.7 Å². The van der Waals surface area contributed by atoms with Gasteiger partial charge in [0, 0.05) is 53.6 Å². The van der Waals surface area contributed by atoms with E-state index in [1.807, 2.05) is 7.05 Å². The number of benzene rings is 1. The maximum atomic E-state index is 5.98. The van der Waals surface area contributed by atoms with Crippen molar-refractivity contribution in [1.82, 2.24) is 15.1 Å². The number of methoxy groups -OCH3 is 1. The monoisotopic (exact) mass is 558 g/mol. The molecule has 0 aliphatic carbocycles. The number of hydrogen-bond acceptors (Lipinski definition) is 4. The van der Waals surface area contributed by atoms with Gasteiger partial charge in [-0.1, -0.05) is 37.1 Å². The number of likely N-dealkylation sites (tertiary alicyclic amines) is 2. The highest BCUT2D eigenvalue weighted by molar-refractivity contribution is 14.0. The Bertz CT molecular complexity index is 640. The second-order valence-electron chi connectivity index (χ2n) is 8.81. The molecule has 1 aromatic rings. The maximum absolute atomic E-state index is 5.98. The van der Waals surface area contributed by atoms with Gasteiger partial charge in [0.15, 0.2) is 5.96 Å². The molecule has 2 heterocycles. The Morgan fingerprint density at radius 2 is 1.62 bits per heavy atom. The average molecular weight is 559 g/mol. The van der Waals surface area contributed by atoms with Crippen molar-refractivity contribution >= 4 is 29.9 Å². The summed E-state index contributed by atoms with van der Waals surface area (Å²) in [7, 11) is 3.61. The number of hydrogen-bond donors (Lipinski definition) is 1. The first-order valence-corrected chi connectivity index (χ1v) is 12.1. The molecule has 0 unspecified atom stereocenters. The fourth-order valence-corrected chi connectivity index (χ4v) is 4.52. The molecular formula is C25H43IN4O2. The summed E-state index contributed by atoms with van der Waals surface area (Å²) in [5.41, 5.74) is 2.72. The molecule has 0 aromatic heterocycles. The zero-order chi connectivity index (χ0) is 21.7. The van der Waals surface area contributed by atoms with Crippen molar-refractivity contribution in [3.05, 3.63) is 35.4 Å². The lowest BCUT2D eigenvalue weighted by Crippen LogP contribution is -2.46. The van der Waals surface area contributed by atoms with Crippen LogP contribution in [-0.4, -0.2) is 75.4 Å². The SMILES string of the molecule is CN=C(NCc1ccc(CN2CCCCCC2)cc1)N1CCC(OCCCOC)CC1.I. The minimum absolute atomic E-state index is 0. The van der Waals surface area contributed by atoms with E-state index in [9.17, 15) is 0 Å². The molecule has 2 aliphatic heterocycles. The first-order chi connectivity index (χ1) is 15.3. The fraction of sp³-hybridized carbons (Fsp3) is 0.720. The van der Waals surface area contributed by atoms with E-state index in [-0.39, 0.29) is 24.0 Å². The van der Waals surface area contributed by atoms with Crippen molar-refractivity contribution in [2.45, 2.75) is 64.1 Å². The Balaban J connectivity index is 0.00000363. The highest BCUT2D eigenvalue weighted by Gasteiger charge is 2.21. The van der Waals surface area contributed by atoms with Crippen molar-refractivity contribution in [2.24, 2.45) is 4.99 Å². The first kappa shape index (κ1) is 27.3. The summed E-state index contributed by atoms with van der Waals surface area (Å²) in [5, 5.41) is 3.55. The van der Waals surface area contributed by atoms with Crippen molar-refractivity contribution in [2.75, 3.05) is 53.6 Å². The van der Waals surface area contributed by atoms with Gasteiger partial charge in [0.1, 0.15) is 0 Å². The van der Waals surface area contributed by atoms with Crippen LogP contribution in [0.5, 0.6) is 0 Å². The van der Waals surface area contributed by atoms with Gasteiger partial charge >= 0.3 is 0 Å². The molecule has 0 atom stereocenters. The van der Waals surface area contributed by atoms with E-state index in [1.165, 1.54) is 49.9 Å². The molecule has 3 rings (SSSR count). The molecule has 0 bridgehead atoms. The summed E-state index contributed by atoms with van der Waals surface area (Å²) in [5.74, 6) is 0.992. The number of rotatable bonds is 9. The number of nitrogens with one attached hydrogen (secondary N) is 1. The quantitative estimate of drug-likeness (QED) is 0.212. The van der Waals surface area contributed by atoms with Crippen molar-refractivity contribution in [1.29, 1.82) is 0 Å². The summed E-state index contributed by atoms with van der Waals surface area (Å²) in [6, 6.07) is 9.09. The van der Waals surface area contributed by atoms with E-state index in [0.29, 0.717) is 6.10 Å². The molecular weight excluding hydrogens is 515 g/mol. The minimum Gasteiger partial charge on any atom is -0.385 e. The van der Waals surface area contributed by atoms with Crippen LogP contribution in [0.4, 0.5) is 0 Å². The molecule has 182 valence electrons. The van der Waals surface area contributed by atoms with E-state index in [0.717, 1.165) is 64.6 Å². The van der Waals surface area contributed by atoms with Crippen molar-refractivity contribution in [3.8, 4) is 0 Å². The number of halogens is 1. The van der Waals surface area contributed by atoms with Crippen LogP contribution in [0, 0.1) is 0 Å². The topological polar surface area (TPSA) is 49.3 Å². The molecule has 2 aliphatic rings. The van der Waals surface area contributed by atoms with Gasteiger partial charge in [0.2, 0.25) is 0 Å². The molecule has 0 radical (unpaired) electrons. The molecule has 6 nitrogen and oxygen atoms in total. The van der Waals surface area contributed by atoms with Gasteiger partial charge in [-0.15, -0.1) is 24.0 Å². The molecule has 2 fully saturated rings. The normalized spacial score (nSPS) is 18.8. The molecule has 2 saturated heterocycles. The third-order valence-corrected chi connectivity index (χ3v) is 6.38. The largest absolute Gasteiger partial charge is 0.385 e. The van der Waals surface area contributed by atoms with Gasteiger partial charge in [-0.3, -0.25) is 9.89 Å². The van der Waals surface area contributed by atoms with Gasteiger partial charge in [-0.2, -0.15) is 0 Å². The van der Waals surface area contributed by atoms with Crippen molar-refractivity contribution in [3.63, 3.8) is 0 Å². The van der Waals surface area contributed by atoms with Crippen LogP contribution in [0.3, 0.4) is 0 Å². The van der Waals surface area contributed by atoms with Crippen molar-refractivity contribution < 1.29 is 9.47 Å². The number of nitrogens with zero attached hydrogens (tertiary/aromatic N) is 3. The number of guanidine groups is 1. The maximum Gasteiger partial charge on any atom is 0.193 e. The van der Waals surface area contributed by atoms with Crippen LogP contribution >= 0.6 is 24.0 Å². The summed E-state index contributed by atoms with van der Waals surface area (Å²) in [6.07, 6.45) is 8.91. The predicted molar refractivity (Wildman–Crippen MR) is 143 cm³/mol. The average Bonchev–Trinajstić information content (AvgIpc) is 3.08. The Morgan fingerprint density at radius 1 is 0.969 bits per heavy atom. The third kappa shape index (κ3) is 9.53. The third-order valence-electron chi connectivity index (χ3n) is 6.38. The number of piperidine rings is 1. The Kier molecular flexibility index (Phi) is 13.5. The zero-order valence-corrected chi connectivity index (χ0v) is 22.4. The lowest BCUT2D eigenvalue weighted by molar-refractivity contribution is 0.00989. The summed E-state index contributed by atoms with van der Waals surface area (Å²) >= 11 is 0. The van der Waals surface area contributed by atoms with Crippen LogP contribution in [0.1, 0.15) is 56.1 Å². The fourth-order valence-electron chi connectivity index (χ4n) is 4.52. The van der Waals surface area contributed by atoms with E-state index in [2.05, 4.69) is 44.4 Å². The van der Waals surface area contributed by atoms with Gasteiger partial charge in [0.05, 0.1) is 6.10 Å².